The first-order chi connectivity index (χ1) is 8.47. The van der Waals surface area contributed by atoms with Gasteiger partial charge in [-0.1, -0.05) is 12.5 Å². The molecule has 0 unspecified atom stereocenters. The first kappa shape index (κ1) is 11.6. The molecule has 0 radical (unpaired) electrons. The average molecular weight is 252 g/mol. The summed E-state index contributed by atoms with van der Waals surface area (Å²) < 4.78 is 26.7. The molecule has 0 aromatic heterocycles. The Morgan fingerprint density at radius 1 is 1.22 bits per heavy atom. The van der Waals surface area contributed by atoms with Crippen LogP contribution in [0.2, 0.25) is 0 Å². The second kappa shape index (κ2) is 3.53. The summed E-state index contributed by atoms with van der Waals surface area (Å²) in [5.74, 6) is -2.41. The maximum atomic E-state index is 13.8. The third kappa shape index (κ3) is 1.41. The van der Waals surface area contributed by atoms with Gasteiger partial charge in [-0.3, -0.25) is 4.79 Å². The lowest BCUT2D eigenvalue weighted by atomic mass is 9.43. The van der Waals surface area contributed by atoms with E-state index in [1.54, 1.807) is 0 Å². The summed E-state index contributed by atoms with van der Waals surface area (Å²) in [7, 11) is 0. The molecule has 1 aromatic rings. The second-order valence-electron chi connectivity index (χ2n) is 5.72. The first-order valence-electron chi connectivity index (χ1n) is 6.17. The predicted molar refractivity (Wildman–Crippen MR) is 61.2 cm³/mol. The van der Waals surface area contributed by atoms with Gasteiger partial charge >= 0.3 is 5.97 Å². The largest absolute Gasteiger partial charge is 0.481 e. The van der Waals surface area contributed by atoms with Gasteiger partial charge in [-0.25, -0.2) is 8.78 Å². The van der Waals surface area contributed by atoms with Crippen LogP contribution in [0.1, 0.15) is 37.7 Å². The van der Waals surface area contributed by atoms with Gasteiger partial charge in [0.05, 0.1) is 5.41 Å². The molecule has 2 fully saturated rings. The monoisotopic (exact) mass is 252 g/mol. The van der Waals surface area contributed by atoms with Crippen LogP contribution in [0.25, 0.3) is 0 Å². The van der Waals surface area contributed by atoms with E-state index in [0.717, 1.165) is 31.4 Å². The second-order valence-corrected chi connectivity index (χ2v) is 5.72. The molecule has 2 aliphatic rings. The van der Waals surface area contributed by atoms with E-state index in [1.165, 1.54) is 6.07 Å². The van der Waals surface area contributed by atoms with Crippen LogP contribution < -0.4 is 0 Å². The molecule has 1 N–H and O–H groups in total. The van der Waals surface area contributed by atoms with Gasteiger partial charge in [-0.15, -0.1) is 0 Å². The molecule has 0 bridgehead atoms. The fourth-order valence-electron chi connectivity index (χ4n) is 3.59. The molecule has 1 aromatic carbocycles. The van der Waals surface area contributed by atoms with Crippen LogP contribution >= 0.6 is 0 Å². The molecule has 1 spiro atoms. The number of carboxylic acids is 1. The van der Waals surface area contributed by atoms with E-state index in [0.29, 0.717) is 12.8 Å². The summed E-state index contributed by atoms with van der Waals surface area (Å²) in [6, 6.07) is 3.19. The van der Waals surface area contributed by atoms with Crippen LogP contribution in [0.15, 0.2) is 18.2 Å². The van der Waals surface area contributed by atoms with Gasteiger partial charge in [0.2, 0.25) is 0 Å². The van der Waals surface area contributed by atoms with E-state index in [2.05, 4.69) is 0 Å². The van der Waals surface area contributed by atoms with Gasteiger partial charge in [-0.05, 0) is 37.2 Å². The van der Waals surface area contributed by atoms with Crippen molar-refractivity contribution in [2.75, 3.05) is 0 Å². The highest BCUT2D eigenvalue weighted by Crippen LogP contribution is 2.65. The zero-order valence-electron chi connectivity index (χ0n) is 9.88. The maximum Gasteiger partial charge on any atom is 0.314 e. The Morgan fingerprint density at radius 2 is 1.89 bits per heavy atom. The first-order valence-corrected chi connectivity index (χ1v) is 6.17. The lowest BCUT2D eigenvalue weighted by molar-refractivity contribution is -0.160. The minimum absolute atomic E-state index is 0.110. The molecular formula is C14H14F2O2. The Balaban J connectivity index is 1.98. The SMILES string of the molecule is O=C(O)C1(c2ccc(F)cc2F)CC2(CCC2)C1. The summed E-state index contributed by atoms with van der Waals surface area (Å²) in [6.45, 7) is 0. The smallest absolute Gasteiger partial charge is 0.314 e. The maximum absolute atomic E-state index is 13.8. The summed E-state index contributed by atoms with van der Waals surface area (Å²) in [6.07, 6.45) is 4.16. The van der Waals surface area contributed by atoms with Crippen molar-refractivity contribution in [3.63, 3.8) is 0 Å². The average Bonchev–Trinajstić information content (AvgIpc) is 2.16. The number of hydrogen-bond donors (Lipinski definition) is 1. The van der Waals surface area contributed by atoms with Crippen LogP contribution in [0.5, 0.6) is 0 Å². The molecule has 2 aliphatic carbocycles. The van der Waals surface area contributed by atoms with Crippen molar-refractivity contribution in [2.24, 2.45) is 5.41 Å². The molecule has 0 amide bonds. The Kier molecular flexibility index (Phi) is 2.28. The van der Waals surface area contributed by atoms with Crippen molar-refractivity contribution in [2.45, 2.75) is 37.5 Å². The predicted octanol–water partition coefficient (Wildman–Crippen LogP) is 3.25. The minimum Gasteiger partial charge on any atom is -0.481 e. The van der Waals surface area contributed by atoms with E-state index in [4.69, 9.17) is 0 Å². The zero-order valence-corrected chi connectivity index (χ0v) is 9.88. The molecule has 96 valence electrons. The van der Waals surface area contributed by atoms with Crippen LogP contribution in [0.3, 0.4) is 0 Å². The minimum atomic E-state index is -1.14. The van der Waals surface area contributed by atoms with Gasteiger partial charge < -0.3 is 5.11 Å². The molecule has 0 atom stereocenters. The quantitative estimate of drug-likeness (QED) is 0.877. The number of carboxylic acid groups (broad SMARTS) is 1. The van der Waals surface area contributed by atoms with Crippen molar-refractivity contribution < 1.29 is 18.7 Å². The molecule has 2 saturated carbocycles. The van der Waals surface area contributed by atoms with Gasteiger partial charge in [0.15, 0.2) is 0 Å². The van der Waals surface area contributed by atoms with Crippen LogP contribution in [-0.2, 0) is 10.2 Å². The summed E-state index contributed by atoms with van der Waals surface area (Å²) in [4.78, 5) is 11.5. The van der Waals surface area contributed by atoms with Gasteiger partial charge in [0.25, 0.3) is 0 Å². The number of hydrogen-bond acceptors (Lipinski definition) is 1. The highest BCUT2D eigenvalue weighted by molar-refractivity contribution is 5.83. The molecule has 3 rings (SSSR count). The van der Waals surface area contributed by atoms with Crippen molar-refractivity contribution in [1.82, 2.24) is 0 Å². The Morgan fingerprint density at radius 3 is 2.33 bits per heavy atom. The van der Waals surface area contributed by atoms with Crippen molar-refractivity contribution >= 4 is 5.97 Å². The number of benzene rings is 1. The highest BCUT2D eigenvalue weighted by Gasteiger charge is 2.62. The normalized spacial score (nSPS) is 23.2. The van der Waals surface area contributed by atoms with Crippen LogP contribution in [0.4, 0.5) is 8.78 Å². The Bertz CT molecular complexity index is 513. The molecule has 2 nitrogen and oxygen atoms in total. The standard InChI is InChI=1S/C14H14F2O2/c15-9-2-3-10(11(16)6-9)14(12(17)18)7-13(8-14)4-1-5-13/h2-3,6H,1,4-5,7-8H2,(H,17,18). The molecule has 0 heterocycles. The molecule has 0 aliphatic heterocycles. The van der Waals surface area contributed by atoms with E-state index in [1.807, 2.05) is 0 Å². The van der Waals surface area contributed by atoms with Crippen molar-refractivity contribution in [1.29, 1.82) is 0 Å². The third-order valence-electron chi connectivity index (χ3n) is 4.62. The summed E-state index contributed by atoms with van der Waals surface area (Å²) >= 11 is 0. The fourth-order valence-corrected chi connectivity index (χ4v) is 3.59. The van der Waals surface area contributed by atoms with Crippen LogP contribution in [-0.4, -0.2) is 11.1 Å². The third-order valence-corrected chi connectivity index (χ3v) is 4.62. The van der Waals surface area contributed by atoms with E-state index < -0.39 is 23.0 Å². The Hall–Kier alpha value is -1.45. The Labute approximate surface area is 104 Å². The molecule has 18 heavy (non-hydrogen) atoms. The summed E-state index contributed by atoms with van der Waals surface area (Å²) in [5, 5.41) is 9.42. The van der Waals surface area contributed by atoms with E-state index in [-0.39, 0.29) is 11.0 Å². The van der Waals surface area contributed by atoms with E-state index >= 15 is 0 Å². The highest BCUT2D eigenvalue weighted by atomic mass is 19.1. The lowest BCUT2D eigenvalue weighted by Crippen LogP contribution is -2.57. The summed E-state index contributed by atoms with van der Waals surface area (Å²) in [5.41, 5.74) is -0.897. The van der Waals surface area contributed by atoms with Crippen molar-refractivity contribution in [3.05, 3.63) is 35.4 Å². The van der Waals surface area contributed by atoms with Gasteiger partial charge in [-0.2, -0.15) is 0 Å². The molecule has 4 heteroatoms. The number of rotatable bonds is 2. The van der Waals surface area contributed by atoms with Crippen molar-refractivity contribution in [3.8, 4) is 0 Å². The number of halogens is 2. The van der Waals surface area contributed by atoms with E-state index in [9.17, 15) is 18.7 Å². The van der Waals surface area contributed by atoms with Gasteiger partial charge in [0, 0.05) is 11.6 Å². The molecule has 0 saturated heterocycles. The zero-order chi connectivity index (χ0) is 13.0. The van der Waals surface area contributed by atoms with Crippen LogP contribution in [0, 0.1) is 17.0 Å². The topological polar surface area (TPSA) is 37.3 Å². The number of aliphatic carboxylic acids is 1. The molecular weight excluding hydrogens is 238 g/mol. The van der Waals surface area contributed by atoms with Gasteiger partial charge in [0.1, 0.15) is 11.6 Å². The fraction of sp³-hybridized carbons (Fsp3) is 0.500. The number of carbonyl (C=O) groups is 1. The lowest BCUT2D eigenvalue weighted by Gasteiger charge is -2.59.